The molecular weight excluding hydrogens is 536 g/mol. The second-order valence-corrected chi connectivity index (χ2v) is 10.0. The molecule has 1 aromatic heterocycles. The lowest BCUT2D eigenvalue weighted by atomic mass is 10.0. The second kappa shape index (κ2) is 12.1. The van der Waals surface area contributed by atoms with Gasteiger partial charge < -0.3 is 15.2 Å². The van der Waals surface area contributed by atoms with Gasteiger partial charge in [0.1, 0.15) is 5.82 Å². The number of carbonyl (C=O) groups is 2. The molecule has 35 heavy (non-hydrogen) atoms. The van der Waals surface area contributed by atoms with Gasteiger partial charge in [-0.15, -0.1) is 10.2 Å². The fraction of sp³-hybridized carbons (Fsp3) is 0.304. The quantitative estimate of drug-likeness (QED) is 0.303. The van der Waals surface area contributed by atoms with Crippen LogP contribution in [0.1, 0.15) is 43.0 Å². The lowest BCUT2D eigenvalue weighted by Gasteiger charge is -2.22. The van der Waals surface area contributed by atoms with Crippen molar-refractivity contribution in [3.8, 4) is 0 Å². The summed E-state index contributed by atoms with van der Waals surface area (Å²) < 4.78 is 15.2. The van der Waals surface area contributed by atoms with Crippen LogP contribution >= 0.6 is 46.6 Å². The molecule has 0 saturated heterocycles. The van der Waals surface area contributed by atoms with E-state index < -0.39 is 11.9 Å². The van der Waals surface area contributed by atoms with E-state index in [0.717, 1.165) is 0 Å². The molecule has 0 spiro atoms. The topological polar surface area (TPSA) is 88.9 Å². The van der Waals surface area contributed by atoms with Crippen LogP contribution in [0.2, 0.25) is 15.1 Å². The van der Waals surface area contributed by atoms with Gasteiger partial charge >= 0.3 is 0 Å². The molecule has 0 unspecified atom stereocenters. The van der Waals surface area contributed by atoms with E-state index >= 15 is 0 Å². The highest BCUT2D eigenvalue weighted by atomic mass is 35.5. The molecule has 7 nitrogen and oxygen atoms in total. The molecule has 2 amide bonds. The number of hydrogen-bond donors (Lipinski definition) is 2. The molecule has 0 aliphatic carbocycles. The maximum absolute atomic E-state index is 13.3. The third-order valence-electron chi connectivity index (χ3n) is 5.01. The molecule has 0 aliphatic rings. The highest BCUT2D eigenvalue weighted by Crippen LogP contribution is 2.27. The third-order valence-corrected chi connectivity index (χ3v) is 7.01. The number of hydrogen-bond acceptors (Lipinski definition) is 5. The van der Waals surface area contributed by atoms with E-state index in [9.17, 15) is 14.0 Å². The van der Waals surface area contributed by atoms with Crippen molar-refractivity contribution in [1.29, 1.82) is 0 Å². The molecule has 12 heteroatoms. The standard InChI is InChI=1S/C23H23Cl3FN5O2S/c1-4-32-21(20(12(2)3)29-22(34)13-5-7-15(24)16(25)9-13)30-31-23(32)35-11-19(33)28-14-6-8-18(27)17(26)10-14/h5-10,12,20H,4,11H2,1-3H3,(H,28,33)(H,29,34)/t20-/m1/s1. The highest BCUT2D eigenvalue weighted by molar-refractivity contribution is 7.99. The molecule has 0 aliphatic heterocycles. The van der Waals surface area contributed by atoms with E-state index in [2.05, 4.69) is 20.8 Å². The smallest absolute Gasteiger partial charge is 0.251 e. The van der Waals surface area contributed by atoms with E-state index in [4.69, 9.17) is 34.8 Å². The van der Waals surface area contributed by atoms with E-state index in [0.29, 0.717) is 33.8 Å². The molecule has 1 atom stereocenters. The van der Waals surface area contributed by atoms with Gasteiger partial charge in [0.05, 0.1) is 26.9 Å². The highest BCUT2D eigenvalue weighted by Gasteiger charge is 2.26. The Bertz CT molecular complexity index is 1240. The van der Waals surface area contributed by atoms with Gasteiger partial charge in [-0.3, -0.25) is 9.59 Å². The van der Waals surface area contributed by atoms with Gasteiger partial charge in [-0.25, -0.2) is 4.39 Å². The van der Waals surface area contributed by atoms with Crippen molar-refractivity contribution in [1.82, 2.24) is 20.1 Å². The van der Waals surface area contributed by atoms with Crippen LogP contribution in [0.25, 0.3) is 0 Å². The molecule has 0 radical (unpaired) electrons. The van der Waals surface area contributed by atoms with Gasteiger partial charge in [0.15, 0.2) is 11.0 Å². The Kier molecular flexibility index (Phi) is 9.40. The summed E-state index contributed by atoms with van der Waals surface area (Å²) in [5.74, 6) is -0.564. The van der Waals surface area contributed by atoms with Gasteiger partial charge in [0.2, 0.25) is 5.91 Å². The Labute approximate surface area is 221 Å². The minimum Gasteiger partial charge on any atom is -0.342 e. The van der Waals surface area contributed by atoms with Crippen LogP contribution in [-0.4, -0.2) is 32.3 Å². The number of aromatic nitrogens is 3. The maximum atomic E-state index is 13.3. The van der Waals surface area contributed by atoms with Crippen LogP contribution in [-0.2, 0) is 11.3 Å². The predicted octanol–water partition coefficient (Wildman–Crippen LogP) is 6.26. The van der Waals surface area contributed by atoms with Crippen LogP contribution in [0.15, 0.2) is 41.6 Å². The number of halogens is 4. The lowest BCUT2D eigenvalue weighted by Crippen LogP contribution is -2.33. The normalized spacial score (nSPS) is 12.0. The second-order valence-electron chi connectivity index (χ2n) is 7.87. The average molecular weight is 559 g/mol. The lowest BCUT2D eigenvalue weighted by molar-refractivity contribution is -0.113. The molecule has 0 bridgehead atoms. The molecule has 3 rings (SSSR count). The Morgan fingerprint density at radius 1 is 1.06 bits per heavy atom. The number of nitrogens with one attached hydrogen (secondary N) is 2. The van der Waals surface area contributed by atoms with Crippen LogP contribution in [0.3, 0.4) is 0 Å². The summed E-state index contributed by atoms with van der Waals surface area (Å²) in [5, 5.41) is 15.3. The Hall–Kier alpha value is -2.33. The van der Waals surface area contributed by atoms with Crippen LogP contribution in [0.4, 0.5) is 10.1 Å². The van der Waals surface area contributed by atoms with E-state index in [-0.39, 0.29) is 33.5 Å². The molecule has 186 valence electrons. The fourth-order valence-electron chi connectivity index (χ4n) is 3.23. The average Bonchev–Trinajstić information content (AvgIpc) is 3.22. The molecule has 2 N–H and O–H groups in total. The number of thioether (sulfide) groups is 1. The van der Waals surface area contributed by atoms with E-state index in [1.165, 1.54) is 36.0 Å². The number of rotatable bonds is 9. The van der Waals surface area contributed by atoms with E-state index in [1.807, 2.05) is 25.3 Å². The number of anilines is 1. The van der Waals surface area contributed by atoms with Crippen LogP contribution < -0.4 is 10.6 Å². The first-order chi connectivity index (χ1) is 16.6. The van der Waals surface area contributed by atoms with Gasteiger partial charge in [-0.05, 0) is 49.2 Å². The van der Waals surface area contributed by atoms with Crippen molar-refractivity contribution in [2.75, 3.05) is 11.1 Å². The van der Waals surface area contributed by atoms with Crippen LogP contribution in [0, 0.1) is 11.7 Å². The zero-order chi connectivity index (χ0) is 25.7. The summed E-state index contributed by atoms with van der Waals surface area (Å²) >= 11 is 19.0. The number of benzene rings is 2. The Morgan fingerprint density at radius 2 is 1.80 bits per heavy atom. The molecule has 1 heterocycles. The zero-order valence-corrected chi connectivity index (χ0v) is 22.2. The summed E-state index contributed by atoms with van der Waals surface area (Å²) in [6.07, 6.45) is 0. The molecule has 3 aromatic rings. The van der Waals surface area contributed by atoms with Gasteiger partial charge in [0.25, 0.3) is 5.91 Å². The minimum atomic E-state index is -0.562. The number of carbonyl (C=O) groups excluding carboxylic acids is 2. The van der Waals surface area contributed by atoms with Crippen molar-refractivity contribution in [3.05, 3.63) is 68.7 Å². The minimum absolute atomic E-state index is 0.000551. The Balaban J connectivity index is 1.72. The Morgan fingerprint density at radius 3 is 2.43 bits per heavy atom. The van der Waals surface area contributed by atoms with Crippen molar-refractivity contribution in [2.45, 2.75) is 38.5 Å². The number of nitrogens with zero attached hydrogens (tertiary/aromatic N) is 3. The van der Waals surface area contributed by atoms with Crippen molar-refractivity contribution < 1.29 is 14.0 Å². The summed E-state index contributed by atoms with van der Waals surface area (Å²) in [7, 11) is 0. The van der Waals surface area contributed by atoms with Crippen molar-refractivity contribution in [2.24, 2.45) is 5.92 Å². The third kappa shape index (κ3) is 6.88. The van der Waals surface area contributed by atoms with Crippen molar-refractivity contribution >= 4 is 64.1 Å². The summed E-state index contributed by atoms with van der Waals surface area (Å²) in [5.41, 5.74) is 0.768. The fourth-order valence-corrected chi connectivity index (χ4v) is 4.51. The number of amides is 2. The zero-order valence-electron chi connectivity index (χ0n) is 19.1. The van der Waals surface area contributed by atoms with Gasteiger partial charge in [-0.1, -0.05) is 60.4 Å². The summed E-state index contributed by atoms with van der Waals surface area (Å²) in [6.45, 7) is 6.38. The molecule has 0 fully saturated rings. The van der Waals surface area contributed by atoms with Gasteiger partial charge in [-0.2, -0.15) is 0 Å². The monoisotopic (exact) mass is 557 g/mol. The molecule has 2 aromatic carbocycles. The first-order valence-electron chi connectivity index (χ1n) is 10.7. The summed E-state index contributed by atoms with van der Waals surface area (Å²) in [4.78, 5) is 25.3. The van der Waals surface area contributed by atoms with Crippen LogP contribution in [0.5, 0.6) is 0 Å². The first-order valence-corrected chi connectivity index (χ1v) is 12.8. The predicted molar refractivity (Wildman–Crippen MR) is 138 cm³/mol. The van der Waals surface area contributed by atoms with Crippen molar-refractivity contribution in [3.63, 3.8) is 0 Å². The largest absolute Gasteiger partial charge is 0.342 e. The maximum Gasteiger partial charge on any atom is 0.251 e. The SMILES string of the molecule is CCn1c(SCC(=O)Nc2ccc(F)c(Cl)c2)nnc1[C@H](NC(=O)c1ccc(Cl)c(Cl)c1)C(C)C. The molecule has 0 saturated carbocycles. The first kappa shape index (κ1) is 27.3. The van der Waals surface area contributed by atoms with E-state index in [1.54, 1.807) is 12.1 Å². The molecular formula is C23H23Cl3FN5O2S. The van der Waals surface area contributed by atoms with Gasteiger partial charge in [0, 0.05) is 17.8 Å². The summed E-state index contributed by atoms with van der Waals surface area (Å²) in [6, 6.07) is 8.19.